The van der Waals surface area contributed by atoms with Crippen LogP contribution in [0.25, 0.3) is 0 Å². The maximum Gasteiger partial charge on any atom is 0.219 e. The monoisotopic (exact) mass is 275 g/mol. The molecule has 0 aromatic heterocycles. The van der Waals surface area contributed by atoms with E-state index in [1.165, 1.54) is 16.7 Å². The Morgan fingerprint density at radius 3 is 2.45 bits per heavy atom. The van der Waals surface area contributed by atoms with Crippen LogP contribution in [0.1, 0.15) is 64.7 Å². The molecule has 1 heterocycles. The average Bonchev–Trinajstić information content (AvgIpc) is 2.48. The molecule has 20 heavy (non-hydrogen) atoms. The Morgan fingerprint density at radius 1 is 1.25 bits per heavy atom. The van der Waals surface area contributed by atoms with Crippen LogP contribution in [0.2, 0.25) is 0 Å². The lowest BCUT2D eigenvalue weighted by molar-refractivity contribution is -0.129. The number of amides is 1. The third-order valence-corrected chi connectivity index (χ3v) is 4.33. The zero-order valence-electron chi connectivity index (χ0n) is 13.9. The zero-order valence-corrected chi connectivity index (χ0v) is 13.9. The van der Waals surface area contributed by atoms with Gasteiger partial charge >= 0.3 is 0 Å². The highest BCUT2D eigenvalue weighted by molar-refractivity contribution is 5.73. The van der Waals surface area contributed by atoms with Crippen molar-refractivity contribution in [2.75, 3.05) is 6.54 Å². The highest BCUT2D eigenvalue weighted by Gasteiger charge is 2.22. The smallest absolute Gasteiger partial charge is 0.219 e. The second kappa shape index (κ2) is 6.92. The first-order valence-electron chi connectivity index (χ1n) is 7.82. The number of hydrogen-bond donors (Lipinski definition) is 0. The maximum atomic E-state index is 11.5. The van der Waals surface area contributed by atoms with Gasteiger partial charge in [-0.1, -0.05) is 52.8 Å². The predicted octanol–water partition coefficient (Wildman–Crippen LogP) is 4.31. The van der Waals surface area contributed by atoms with Crippen LogP contribution in [0, 0.1) is 0 Å². The summed E-state index contributed by atoms with van der Waals surface area (Å²) in [5, 5.41) is 0. The zero-order chi connectivity index (χ0) is 15.3. The largest absolute Gasteiger partial charge is 0.338 e. The van der Waals surface area contributed by atoms with Gasteiger partial charge in [-0.3, -0.25) is 4.79 Å². The fourth-order valence-corrected chi connectivity index (χ4v) is 2.45. The number of carbonyl (C=O) groups is 1. The molecule has 1 aliphatic rings. The van der Waals surface area contributed by atoms with E-state index in [-0.39, 0.29) is 11.3 Å². The first-order valence-corrected chi connectivity index (χ1v) is 7.82. The van der Waals surface area contributed by atoms with Crippen LogP contribution in [0.3, 0.4) is 0 Å². The van der Waals surface area contributed by atoms with Crippen molar-refractivity contribution in [2.45, 2.75) is 66.3 Å². The number of fused-ring (bicyclic) bond motifs is 1. The van der Waals surface area contributed by atoms with Crippen molar-refractivity contribution in [3.05, 3.63) is 34.9 Å². The van der Waals surface area contributed by atoms with Gasteiger partial charge < -0.3 is 4.90 Å². The fraction of sp³-hybridized carbons (Fsp3) is 0.611. The van der Waals surface area contributed by atoms with Crippen LogP contribution in [0.15, 0.2) is 18.2 Å². The van der Waals surface area contributed by atoms with E-state index in [0.29, 0.717) is 0 Å². The molecular formula is C18H29NO. The Bertz CT molecular complexity index is 462. The summed E-state index contributed by atoms with van der Waals surface area (Å²) in [5.41, 5.74) is 4.33. The molecule has 0 saturated heterocycles. The number of rotatable bonds is 2. The quantitative estimate of drug-likeness (QED) is 0.788. The van der Waals surface area contributed by atoms with Crippen LogP contribution >= 0.6 is 0 Å². The molecule has 2 rings (SSSR count). The molecule has 0 atom stereocenters. The van der Waals surface area contributed by atoms with Crippen molar-refractivity contribution in [3.8, 4) is 0 Å². The molecule has 2 heteroatoms. The lowest BCUT2D eigenvalue weighted by Gasteiger charge is -2.30. The molecule has 2 nitrogen and oxygen atoms in total. The summed E-state index contributed by atoms with van der Waals surface area (Å²) in [6.45, 7) is 14.1. The fourth-order valence-electron chi connectivity index (χ4n) is 2.45. The van der Waals surface area contributed by atoms with Gasteiger partial charge in [-0.2, -0.15) is 0 Å². The minimum atomic E-state index is 0.181. The van der Waals surface area contributed by atoms with Crippen molar-refractivity contribution in [1.82, 2.24) is 4.90 Å². The number of hydrogen-bond acceptors (Lipinski definition) is 1. The molecule has 0 spiro atoms. The molecule has 0 N–H and O–H groups in total. The van der Waals surface area contributed by atoms with Crippen molar-refractivity contribution in [3.63, 3.8) is 0 Å². The summed E-state index contributed by atoms with van der Waals surface area (Å²) in [5.74, 6) is 0.181. The molecule has 0 saturated carbocycles. The molecule has 112 valence electrons. The molecule has 1 aliphatic heterocycles. The van der Waals surface area contributed by atoms with Crippen LogP contribution in [-0.2, 0) is 23.2 Å². The Hall–Kier alpha value is -1.31. The lowest BCUT2D eigenvalue weighted by atomic mass is 9.80. The lowest BCUT2D eigenvalue weighted by Crippen LogP contribution is -2.34. The minimum Gasteiger partial charge on any atom is -0.338 e. The highest BCUT2D eigenvalue weighted by atomic mass is 16.2. The van der Waals surface area contributed by atoms with E-state index in [2.05, 4.69) is 39.0 Å². The Labute approximate surface area is 124 Å². The van der Waals surface area contributed by atoms with Gasteiger partial charge in [0.15, 0.2) is 0 Å². The minimum absolute atomic E-state index is 0.181. The third-order valence-electron chi connectivity index (χ3n) is 4.33. The summed E-state index contributed by atoms with van der Waals surface area (Å²) in [6.07, 6.45) is 2.12. The number of benzene rings is 1. The average molecular weight is 275 g/mol. The van der Waals surface area contributed by atoms with Gasteiger partial charge in [-0.05, 0) is 34.9 Å². The first kappa shape index (κ1) is 16.7. The van der Waals surface area contributed by atoms with Crippen molar-refractivity contribution in [1.29, 1.82) is 0 Å². The molecule has 0 radical (unpaired) electrons. The summed E-state index contributed by atoms with van der Waals surface area (Å²) >= 11 is 0. The van der Waals surface area contributed by atoms with E-state index in [1.807, 2.05) is 18.7 Å². The maximum absolute atomic E-state index is 11.5. The van der Waals surface area contributed by atoms with E-state index in [4.69, 9.17) is 0 Å². The van der Waals surface area contributed by atoms with Crippen molar-refractivity contribution < 1.29 is 4.79 Å². The number of carbonyl (C=O) groups excluding carboxylic acids is 1. The van der Waals surface area contributed by atoms with Crippen LogP contribution in [0.4, 0.5) is 0 Å². The van der Waals surface area contributed by atoms with Crippen LogP contribution in [-0.4, -0.2) is 17.4 Å². The van der Waals surface area contributed by atoms with E-state index >= 15 is 0 Å². The summed E-state index contributed by atoms with van der Waals surface area (Å²) < 4.78 is 0. The Morgan fingerprint density at radius 2 is 1.90 bits per heavy atom. The summed E-state index contributed by atoms with van der Waals surface area (Å²) in [6, 6.07) is 6.80. The summed E-state index contributed by atoms with van der Waals surface area (Å²) in [4.78, 5) is 13.4. The van der Waals surface area contributed by atoms with Gasteiger partial charge in [0.1, 0.15) is 0 Å². The Kier molecular flexibility index (Phi) is 5.79. The van der Waals surface area contributed by atoms with Crippen molar-refractivity contribution >= 4 is 5.91 Å². The topological polar surface area (TPSA) is 20.3 Å². The molecule has 0 unspecified atom stereocenters. The molecule has 0 aliphatic carbocycles. The second-order valence-electron chi connectivity index (χ2n) is 5.91. The predicted molar refractivity (Wildman–Crippen MR) is 85.9 cm³/mol. The van der Waals surface area contributed by atoms with E-state index < -0.39 is 0 Å². The molecule has 1 amide bonds. The van der Waals surface area contributed by atoms with E-state index in [0.717, 1.165) is 25.9 Å². The highest BCUT2D eigenvalue weighted by Crippen LogP contribution is 2.30. The van der Waals surface area contributed by atoms with Gasteiger partial charge in [0.25, 0.3) is 0 Å². The molecule has 0 bridgehead atoms. The summed E-state index contributed by atoms with van der Waals surface area (Å²) in [7, 11) is 0. The van der Waals surface area contributed by atoms with Crippen molar-refractivity contribution in [2.24, 2.45) is 0 Å². The van der Waals surface area contributed by atoms with E-state index in [1.54, 1.807) is 6.92 Å². The van der Waals surface area contributed by atoms with Crippen LogP contribution in [0.5, 0.6) is 0 Å². The normalized spacial score (nSPS) is 14.2. The second-order valence-corrected chi connectivity index (χ2v) is 5.91. The number of nitrogens with zero attached hydrogens (tertiary/aromatic N) is 1. The van der Waals surface area contributed by atoms with E-state index in [9.17, 15) is 4.79 Å². The molecular weight excluding hydrogens is 246 g/mol. The Balaban J connectivity index is 0.000000956. The SMILES string of the molecule is CC.CCC(C)(C)c1ccc2c(c1)CN(C(C)=O)CC2. The molecule has 1 aromatic carbocycles. The molecule has 0 fully saturated rings. The van der Waals surface area contributed by atoms with Gasteiger partial charge in [-0.25, -0.2) is 0 Å². The van der Waals surface area contributed by atoms with Gasteiger partial charge in [-0.15, -0.1) is 0 Å². The van der Waals surface area contributed by atoms with Gasteiger partial charge in [0.2, 0.25) is 5.91 Å². The van der Waals surface area contributed by atoms with Gasteiger partial charge in [0.05, 0.1) is 0 Å². The van der Waals surface area contributed by atoms with Crippen LogP contribution < -0.4 is 0 Å². The first-order chi connectivity index (χ1) is 9.44. The van der Waals surface area contributed by atoms with Gasteiger partial charge in [0, 0.05) is 20.0 Å². The third kappa shape index (κ3) is 3.62. The standard InChI is InChI=1S/C16H23NO.C2H6/c1-5-16(3,4)15-7-6-13-8-9-17(12(2)18)11-14(13)10-15;1-2/h6-7,10H,5,8-9,11H2,1-4H3;1-2H3. The molecule has 1 aromatic rings.